The van der Waals surface area contributed by atoms with Crippen molar-refractivity contribution in [2.45, 2.75) is 65.2 Å². The van der Waals surface area contributed by atoms with Gasteiger partial charge in [-0.25, -0.2) is 0 Å². The van der Waals surface area contributed by atoms with Crippen molar-refractivity contribution in [1.82, 2.24) is 0 Å². The summed E-state index contributed by atoms with van der Waals surface area (Å²) >= 11 is 0. The van der Waals surface area contributed by atoms with E-state index in [0.717, 1.165) is 42.7 Å². The van der Waals surface area contributed by atoms with Crippen molar-refractivity contribution < 1.29 is 9.47 Å². The number of nitriles is 1. The first-order valence-electron chi connectivity index (χ1n) is 10.0. The Morgan fingerprint density at radius 3 is 2.67 bits per heavy atom. The van der Waals surface area contributed by atoms with Gasteiger partial charge < -0.3 is 9.47 Å². The molecule has 0 spiro atoms. The monoisotopic (exact) mass is 367 g/mol. The van der Waals surface area contributed by atoms with Crippen LogP contribution in [0.3, 0.4) is 0 Å². The quantitative estimate of drug-likeness (QED) is 0.377. The van der Waals surface area contributed by atoms with E-state index in [1.165, 1.54) is 29.6 Å². The molecule has 2 atom stereocenters. The Morgan fingerprint density at radius 1 is 1.30 bits per heavy atom. The van der Waals surface area contributed by atoms with Gasteiger partial charge in [0.15, 0.2) is 6.61 Å². The Balaban J connectivity index is 2.52. The van der Waals surface area contributed by atoms with Crippen LogP contribution in [0.5, 0.6) is 11.5 Å². The smallest absolute Gasteiger partial charge is 0.174 e. The molecule has 1 unspecified atom stereocenters. The summed E-state index contributed by atoms with van der Waals surface area (Å²) in [6.07, 6.45) is 9.06. The molecule has 0 heterocycles. The summed E-state index contributed by atoms with van der Waals surface area (Å²) in [6.45, 7) is 10.8. The number of methoxy groups -OCH3 is 1. The SMILES string of the molecule is C=C(C)[C@@H]1CCC(C)=CC1c1c(OC)cc(CCCCC)cc1OCC#N. The number of benzene rings is 1. The molecule has 0 bridgehead atoms. The van der Waals surface area contributed by atoms with Crippen LogP contribution in [0.15, 0.2) is 35.9 Å². The second-order valence-electron chi connectivity index (χ2n) is 7.64. The zero-order valence-electron chi connectivity index (χ0n) is 17.3. The fourth-order valence-electron chi connectivity index (χ4n) is 4.01. The molecule has 0 radical (unpaired) electrons. The summed E-state index contributed by atoms with van der Waals surface area (Å²) in [7, 11) is 1.72. The summed E-state index contributed by atoms with van der Waals surface area (Å²) in [5, 5.41) is 9.05. The second kappa shape index (κ2) is 10.2. The molecule has 0 aromatic heterocycles. The zero-order chi connectivity index (χ0) is 19.8. The van der Waals surface area contributed by atoms with Crippen molar-refractivity contribution in [3.05, 3.63) is 47.1 Å². The van der Waals surface area contributed by atoms with Crippen LogP contribution < -0.4 is 9.47 Å². The van der Waals surface area contributed by atoms with E-state index < -0.39 is 0 Å². The number of hydrogen-bond acceptors (Lipinski definition) is 3. The molecule has 1 aliphatic carbocycles. The zero-order valence-corrected chi connectivity index (χ0v) is 17.3. The molecule has 1 aromatic rings. The summed E-state index contributed by atoms with van der Waals surface area (Å²) in [5.41, 5.74) is 4.83. The number of allylic oxidation sites excluding steroid dienone is 3. The maximum atomic E-state index is 9.05. The van der Waals surface area contributed by atoms with E-state index in [0.29, 0.717) is 5.92 Å². The van der Waals surface area contributed by atoms with E-state index in [9.17, 15) is 0 Å². The normalized spacial score (nSPS) is 19.1. The van der Waals surface area contributed by atoms with Crippen LogP contribution in [-0.4, -0.2) is 13.7 Å². The van der Waals surface area contributed by atoms with E-state index in [4.69, 9.17) is 14.7 Å². The summed E-state index contributed by atoms with van der Waals surface area (Å²) < 4.78 is 11.7. The Kier molecular flexibility index (Phi) is 7.98. The van der Waals surface area contributed by atoms with Gasteiger partial charge in [0, 0.05) is 11.5 Å². The highest BCUT2D eigenvalue weighted by molar-refractivity contribution is 5.53. The predicted octanol–water partition coefficient (Wildman–Crippen LogP) is 6.35. The largest absolute Gasteiger partial charge is 0.496 e. The molecule has 27 heavy (non-hydrogen) atoms. The van der Waals surface area contributed by atoms with Crippen LogP contribution in [0.1, 0.15) is 69.9 Å². The lowest BCUT2D eigenvalue weighted by atomic mass is 9.73. The van der Waals surface area contributed by atoms with Gasteiger partial charge in [0.1, 0.15) is 17.6 Å². The molecule has 3 nitrogen and oxygen atoms in total. The molecule has 0 saturated carbocycles. The summed E-state index contributed by atoms with van der Waals surface area (Å²) in [6, 6.07) is 6.36. The molecule has 0 amide bonds. The van der Waals surface area contributed by atoms with Crippen molar-refractivity contribution in [3.63, 3.8) is 0 Å². The van der Waals surface area contributed by atoms with Crippen LogP contribution in [-0.2, 0) is 6.42 Å². The van der Waals surface area contributed by atoms with Crippen molar-refractivity contribution in [2.75, 3.05) is 13.7 Å². The minimum absolute atomic E-state index is 0.0434. The Bertz CT molecular complexity index is 727. The molecule has 0 fully saturated rings. The van der Waals surface area contributed by atoms with Crippen LogP contribution in [0.4, 0.5) is 0 Å². The topological polar surface area (TPSA) is 42.2 Å². The maximum absolute atomic E-state index is 9.05. The van der Waals surface area contributed by atoms with Gasteiger partial charge >= 0.3 is 0 Å². The van der Waals surface area contributed by atoms with Gasteiger partial charge in [-0.1, -0.05) is 43.6 Å². The van der Waals surface area contributed by atoms with Crippen LogP contribution in [0.25, 0.3) is 0 Å². The van der Waals surface area contributed by atoms with E-state index in [1.54, 1.807) is 7.11 Å². The highest BCUT2D eigenvalue weighted by Crippen LogP contribution is 2.47. The lowest BCUT2D eigenvalue weighted by Crippen LogP contribution is -2.19. The molecule has 2 rings (SSSR count). The molecule has 0 saturated heterocycles. The highest BCUT2D eigenvalue weighted by Gasteiger charge is 2.31. The summed E-state index contributed by atoms with van der Waals surface area (Å²) in [4.78, 5) is 0. The first kappa shape index (κ1) is 21.1. The Morgan fingerprint density at radius 2 is 2.04 bits per heavy atom. The highest BCUT2D eigenvalue weighted by atomic mass is 16.5. The van der Waals surface area contributed by atoms with Gasteiger partial charge in [-0.3, -0.25) is 0 Å². The fourth-order valence-corrected chi connectivity index (χ4v) is 4.01. The lowest BCUT2D eigenvalue weighted by molar-refractivity contribution is 0.343. The van der Waals surface area contributed by atoms with E-state index in [-0.39, 0.29) is 12.5 Å². The molecular weight excluding hydrogens is 334 g/mol. The van der Waals surface area contributed by atoms with Crippen LogP contribution in [0, 0.1) is 17.2 Å². The minimum atomic E-state index is 0.0434. The molecular formula is C24H33NO2. The van der Waals surface area contributed by atoms with E-state index >= 15 is 0 Å². The maximum Gasteiger partial charge on any atom is 0.174 e. The molecule has 146 valence electrons. The van der Waals surface area contributed by atoms with Gasteiger partial charge in [-0.15, -0.1) is 0 Å². The Hall–Kier alpha value is -2.21. The third-order valence-corrected chi connectivity index (χ3v) is 5.46. The lowest BCUT2D eigenvalue weighted by Gasteiger charge is -2.32. The predicted molar refractivity (Wildman–Crippen MR) is 111 cm³/mol. The number of aryl methyl sites for hydroxylation is 1. The first-order chi connectivity index (χ1) is 13.0. The number of ether oxygens (including phenoxy) is 2. The van der Waals surface area contributed by atoms with E-state index in [2.05, 4.69) is 51.6 Å². The van der Waals surface area contributed by atoms with Gasteiger partial charge in [-0.2, -0.15) is 5.26 Å². The van der Waals surface area contributed by atoms with Gasteiger partial charge in [0.05, 0.1) is 7.11 Å². The molecule has 3 heteroatoms. The Labute approximate surface area is 164 Å². The first-order valence-corrected chi connectivity index (χ1v) is 10.0. The van der Waals surface area contributed by atoms with Crippen LogP contribution in [0.2, 0.25) is 0 Å². The number of rotatable bonds is 9. The van der Waals surface area contributed by atoms with Crippen LogP contribution >= 0.6 is 0 Å². The molecule has 0 N–H and O–H groups in total. The van der Waals surface area contributed by atoms with Crippen molar-refractivity contribution in [2.24, 2.45) is 5.92 Å². The van der Waals surface area contributed by atoms with Crippen molar-refractivity contribution >= 4 is 0 Å². The summed E-state index contributed by atoms with van der Waals surface area (Å²) in [5.74, 6) is 2.17. The van der Waals surface area contributed by atoms with E-state index in [1.807, 2.05) is 0 Å². The minimum Gasteiger partial charge on any atom is -0.496 e. The number of nitrogens with zero attached hydrogens (tertiary/aromatic N) is 1. The fraction of sp³-hybridized carbons (Fsp3) is 0.542. The molecule has 1 aromatic carbocycles. The standard InChI is InChI=1S/C24H33NO2/c1-6-7-8-9-19-15-22(26-5)24(23(16-19)27-13-12-25)21-14-18(4)10-11-20(21)17(2)3/h14-16,20-21H,2,6-11,13H2,1,3-5H3/t20-,21?/m0/s1. The number of unbranched alkanes of at least 4 members (excludes halogenated alkanes) is 2. The molecule has 0 aliphatic heterocycles. The average molecular weight is 368 g/mol. The van der Waals surface area contributed by atoms with Gasteiger partial charge in [0.25, 0.3) is 0 Å². The second-order valence-corrected chi connectivity index (χ2v) is 7.64. The molecule has 1 aliphatic rings. The van der Waals surface area contributed by atoms with Crippen molar-refractivity contribution in [3.8, 4) is 17.6 Å². The third kappa shape index (κ3) is 5.39. The van der Waals surface area contributed by atoms with Crippen molar-refractivity contribution in [1.29, 1.82) is 5.26 Å². The average Bonchev–Trinajstić information content (AvgIpc) is 2.65. The third-order valence-electron chi connectivity index (χ3n) is 5.46. The number of hydrogen-bond donors (Lipinski definition) is 0. The van der Waals surface area contributed by atoms with Gasteiger partial charge in [-0.05, 0) is 63.1 Å². The van der Waals surface area contributed by atoms with Gasteiger partial charge in [0.2, 0.25) is 0 Å².